The van der Waals surface area contributed by atoms with Crippen molar-refractivity contribution >= 4 is 169 Å². The molecule has 4 aliphatic rings. The van der Waals surface area contributed by atoms with Gasteiger partial charge in [-0.05, 0) is 109 Å². The third-order valence-corrected chi connectivity index (χ3v) is 15.1. The molecule has 0 bridgehead atoms. The number of urea groups is 2. The van der Waals surface area contributed by atoms with Gasteiger partial charge in [-0.15, -0.1) is 18.5 Å². The van der Waals surface area contributed by atoms with E-state index in [1.807, 2.05) is 26.7 Å². The highest BCUT2D eigenvalue weighted by atomic mass is 31.1. The van der Waals surface area contributed by atoms with Crippen LogP contribution in [-0.4, -0.2) is 223 Å². The van der Waals surface area contributed by atoms with E-state index < -0.39 is 71.4 Å². The number of amides is 19. The molecule has 0 saturated carbocycles. The van der Waals surface area contributed by atoms with Crippen LogP contribution in [0.1, 0.15) is 70.6 Å². The standard InChI is InChI=1S/C17H29N5O5P2.C14H22N4O5P2.C13H20N4O5P2.C8H11N2O3P/c1-28-20-16(26)18-10-4-3-6-12(19-17(27)21-29-2)13(23)7-5-11-22-14(24)8-9-15(22)25;1-25-17-11(20)3-2-9(14(23)15-8-24)16-10(19)6-7-18-12(21)4-5-13(18)22;1-24-16-10(19)6-8(13(22)14-7-23)15-9(18)4-5-17-11(20)2-3-12(17)21;1-14-9-6(11)4-5-10-7(12)2-3-8(10)13/h8-9,12,28-29H,3-7,10-11H2,1-2H3,(H2,18,20,26)(H2,19,21,27);4-5,9,25H,2-3,6-8,24H2,1H3,(H,15,23)(H,16,19)(H,17,20);2-3,8,24H,4-7,23H2,1H3,(H,14,22)(H,15,18)(H,16,19);2-3,14H,4-5H2,1H3,(H,9,11). The summed E-state index contributed by atoms with van der Waals surface area (Å²) in [6, 6.07) is -3.15. The molecule has 10 atom stereocenters. The minimum Gasteiger partial charge on any atom is -0.351 e. The van der Waals surface area contributed by atoms with Gasteiger partial charge >= 0.3 is 12.1 Å². The van der Waals surface area contributed by atoms with Gasteiger partial charge in [0.25, 0.3) is 47.3 Å². The first kappa shape index (κ1) is 83.0. The van der Waals surface area contributed by atoms with Crippen molar-refractivity contribution in [2.24, 2.45) is 0 Å². The highest BCUT2D eigenvalue weighted by Crippen LogP contribution is 2.12. The fourth-order valence-electron chi connectivity index (χ4n) is 7.80. The van der Waals surface area contributed by atoms with Gasteiger partial charge in [0.05, 0.1) is 12.5 Å². The molecular weight excluding hydrogens is 1340 g/mol. The lowest BCUT2D eigenvalue weighted by molar-refractivity contribution is -0.139. The van der Waals surface area contributed by atoms with Crippen LogP contribution in [0.4, 0.5) is 9.59 Å². The van der Waals surface area contributed by atoms with Crippen LogP contribution in [0.15, 0.2) is 48.6 Å². The van der Waals surface area contributed by atoms with Gasteiger partial charge in [0.15, 0.2) is 5.78 Å². The van der Waals surface area contributed by atoms with Crippen molar-refractivity contribution in [3.63, 3.8) is 0 Å². The molecule has 0 aromatic rings. The van der Waals surface area contributed by atoms with Crippen LogP contribution in [-0.2, 0) is 76.7 Å². The number of imide groups is 4. The zero-order chi connectivity index (χ0) is 69.1. The number of carbonyl (C=O) groups is 18. The van der Waals surface area contributed by atoms with Gasteiger partial charge < -0.3 is 57.3 Å². The van der Waals surface area contributed by atoms with Gasteiger partial charge in [-0.2, -0.15) is 0 Å². The van der Waals surface area contributed by atoms with E-state index in [0.29, 0.717) is 56.0 Å². The molecule has 33 nitrogen and oxygen atoms in total. The summed E-state index contributed by atoms with van der Waals surface area (Å²) in [7, 11) is 5.98. The molecule has 0 spiro atoms. The van der Waals surface area contributed by atoms with E-state index in [4.69, 9.17) is 0 Å². The fourth-order valence-corrected chi connectivity index (χ4v) is 10.0. The lowest BCUT2D eigenvalue weighted by Crippen LogP contribution is -2.49. The molecule has 508 valence electrons. The third-order valence-electron chi connectivity index (χ3n) is 12.2. The topological polar surface area (TPSA) is 453 Å². The predicted octanol–water partition coefficient (Wildman–Crippen LogP) is -2.19. The number of hydrogen-bond donors (Lipinski definition) is 11. The van der Waals surface area contributed by atoms with E-state index >= 15 is 0 Å². The van der Waals surface area contributed by atoms with Crippen molar-refractivity contribution in [1.29, 1.82) is 0 Å². The first-order valence-electron chi connectivity index (χ1n) is 28.3. The summed E-state index contributed by atoms with van der Waals surface area (Å²) in [6.07, 6.45) is 12.2. The Balaban J connectivity index is 0.000000628. The maximum atomic E-state index is 12.6. The molecule has 0 aromatic carbocycles. The van der Waals surface area contributed by atoms with Gasteiger partial charge in [-0.25, -0.2) is 9.59 Å². The van der Waals surface area contributed by atoms with Crippen LogP contribution < -0.4 is 57.3 Å². The number of unbranched alkanes of at least 4 members (excludes halogenated alkanes) is 1. The summed E-state index contributed by atoms with van der Waals surface area (Å²) in [6.45, 7) is 9.74. The maximum Gasteiger partial charge on any atom is 0.318 e. The quantitative estimate of drug-likeness (QED) is 0.0180. The van der Waals surface area contributed by atoms with E-state index in [-0.39, 0.29) is 157 Å². The van der Waals surface area contributed by atoms with E-state index in [9.17, 15) is 86.3 Å². The minimum atomic E-state index is -1.02. The molecule has 40 heteroatoms. The Labute approximate surface area is 545 Å². The minimum absolute atomic E-state index is 0.0636. The van der Waals surface area contributed by atoms with Crippen LogP contribution in [0.3, 0.4) is 0 Å². The van der Waals surface area contributed by atoms with Crippen molar-refractivity contribution in [1.82, 2.24) is 76.9 Å². The smallest absolute Gasteiger partial charge is 0.318 e. The van der Waals surface area contributed by atoms with E-state index in [0.717, 1.165) is 43.9 Å². The summed E-state index contributed by atoms with van der Waals surface area (Å²) in [4.78, 5) is 213. The molecular formula is C52H82N15O18P7. The van der Waals surface area contributed by atoms with Crippen LogP contribution in [0.25, 0.3) is 0 Å². The van der Waals surface area contributed by atoms with Crippen molar-refractivity contribution in [2.45, 2.75) is 88.8 Å². The number of carbonyl (C=O) groups excluding carboxylic acids is 18. The number of ketones is 1. The number of rotatable bonds is 36. The molecule has 0 saturated heterocycles. The van der Waals surface area contributed by atoms with Crippen LogP contribution >= 0.6 is 62.1 Å². The van der Waals surface area contributed by atoms with Gasteiger partial charge in [0.1, 0.15) is 12.1 Å². The van der Waals surface area contributed by atoms with Crippen molar-refractivity contribution in [2.75, 3.05) is 78.6 Å². The van der Waals surface area contributed by atoms with E-state index in [2.05, 4.69) is 75.8 Å². The van der Waals surface area contributed by atoms with Crippen molar-refractivity contribution in [3.8, 4) is 0 Å². The SMILES string of the molecule is CPNC(=O)CC(NC(=O)CCN1C(=O)C=CC1=O)C(=O)NCP.CPNC(=O)CCC(NC(=O)CCN1C(=O)C=CC1=O)C(=O)NCP.CPNC(=O)CCN1C(=O)C=CC1=O.CPNC(=O)NCCCCC(NC(=O)NPC)C(=O)CCCN1C(=O)C=CC1=O. The summed E-state index contributed by atoms with van der Waals surface area (Å²) in [5.74, 6) is -6.05. The average Bonchev–Trinajstić information content (AvgIpc) is 2.10. The molecule has 4 aliphatic heterocycles. The second-order valence-electron chi connectivity index (χ2n) is 18.9. The first-order chi connectivity index (χ1) is 43.8. The van der Waals surface area contributed by atoms with Crippen LogP contribution in [0.5, 0.6) is 0 Å². The van der Waals surface area contributed by atoms with Crippen LogP contribution in [0, 0.1) is 0 Å². The van der Waals surface area contributed by atoms with Crippen molar-refractivity contribution in [3.05, 3.63) is 48.6 Å². The lowest BCUT2D eigenvalue weighted by atomic mass is 10.0. The second-order valence-corrected chi connectivity index (χ2v) is 23.4. The first-order valence-corrected chi connectivity index (χ1v) is 37.5. The van der Waals surface area contributed by atoms with Gasteiger partial charge in [-0.3, -0.25) is 96.3 Å². The Bertz CT molecular complexity index is 2740. The number of Topliss-reactive ketones (excluding diaryl/α,β-unsaturated/α-hetero) is 1. The van der Waals surface area contributed by atoms with Gasteiger partial charge in [-0.1, -0.05) is 0 Å². The molecule has 92 heavy (non-hydrogen) atoms. The molecule has 0 fully saturated rings. The largest absolute Gasteiger partial charge is 0.351 e. The average molecular weight is 1420 g/mol. The fraction of sp³-hybridized carbons (Fsp3) is 0.500. The Morgan fingerprint density at radius 3 is 1.14 bits per heavy atom. The Kier molecular flexibility index (Phi) is 43.2. The molecule has 0 radical (unpaired) electrons. The molecule has 0 aliphatic carbocycles. The van der Waals surface area contributed by atoms with Gasteiger partial charge in [0.2, 0.25) is 41.4 Å². The second kappa shape index (κ2) is 47.9. The molecule has 4 heterocycles. The Morgan fingerprint density at radius 1 is 0.370 bits per heavy atom. The highest BCUT2D eigenvalue weighted by Gasteiger charge is 2.30. The molecule has 11 N–H and O–H groups in total. The van der Waals surface area contributed by atoms with E-state index in [1.165, 1.54) is 24.3 Å². The van der Waals surface area contributed by atoms with Crippen molar-refractivity contribution < 1.29 is 86.3 Å². The van der Waals surface area contributed by atoms with E-state index in [1.54, 1.807) is 6.66 Å². The Hall–Kier alpha value is -6.97. The monoisotopic (exact) mass is 1420 g/mol. The molecule has 0 aromatic heterocycles. The Morgan fingerprint density at radius 2 is 0.728 bits per heavy atom. The summed E-state index contributed by atoms with van der Waals surface area (Å²) in [5.41, 5.74) is 0. The number of hydrogen-bond acceptors (Lipinski definition) is 18. The van der Waals surface area contributed by atoms with Gasteiger partial charge in [0, 0.05) is 126 Å². The third kappa shape index (κ3) is 34.1. The lowest BCUT2D eigenvalue weighted by Gasteiger charge is -2.19. The predicted molar refractivity (Wildman–Crippen MR) is 356 cm³/mol. The summed E-state index contributed by atoms with van der Waals surface area (Å²) >= 11 is 0. The molecule has 4 rings (SSSR count). The highest BCUT2D eigenvalue weighted by molar-refractivity contribution is 7.36. The normalized spacial score (nSPS) is 15.0. The summed E-state index contributed by atoms with van der Waals surface area (Å²) in [5, 5.41) is 28.6. The van der Waals surface area contributed by atoms with Crippen LogP contribution in [0.2, 0.25) is 0 Å². The zero-order valence-corrected chi connectivity index (χ0v) is 58.7. The zero-order valence-electron chi connectivity index (χ0n) is 51.4. The number of nitrogens with zero attached hydrogens (tertiary/aromatic N) is 4. The molecule has 19 amide bonds. The summed E-state index contributed by atoms with van der Waals surface area (Å²) < 4.78 is 0. The molecule has 10 unspecified atom stereocenters. The maximum absolute atomic E-state index is 12.6. The number of nitrogens with one attached hydrogen (secondary N) is 11.